The summed E-state index contributed by atoms with van der Waals surface area (Å²) in [7, 11) is 1.91. The van der Waals surface area contributed by atoms with Gasteiger partial charge in [-0.25, -0.2) is 4.98 Å². The van der Waals surface area contributed by atoms with E-state index >= 15 is 0 Å². The quantitative estimate of drug-likeness (QED) is 0.521. The lowest BCUT2D eigenvalue weighted by Gasteiger charge is -2.35. The van der Waals surface area contributed by atoms with Crippen molar-refractivity contribution in [2.24, 2.45) is 7.05 Å². The molecule has 1 aliphatic rings. The van der Waals surface area contributed by atoms with Crippen LogP contribution in [0.25, 0.3) is 6.08 Å². The molecule has 2 aromatic heterocycles. The van der Waals surface area contributed by atoms with Gasteiger partial charge < -0.3 is 10.2 Å². The molecule has 1 aromatic carbocycles. The van der Waals surface area contributed by atoms with Crippen LogP contribution >= 0.6 is 23.2 Å². The van der Waals surface area contributed by atoms with E-state index in [1.807, 2.05) is 42.9 Å². The van der Waals surface area contributed by atoms with E-state index in [4.69, 9.17) is 23.2 Å². The van der Waals surface area contributed by atoms with Gasteiger partial charge in [-0.3, -0.25) is 14.4 Å². The number of aromatic nitrogens is 3. The fraction of sp³-hybridized carbons (Fsp3) is 0.292. The number of pyridine rings is 1. The zero-order valence-electron chi connectivity index (χ0n) is 18.6. The van der Waals surface area contributed by atoms with Crippen LogP contribution in [0.5, 0.6) is 0 Å². The molecule has 1 fully saturated rings. The molecule has 1 saturated heterocycles. The van der Waals surface area contributed by atoms with Gasteiger partial charge in [-0.15, -0.1) is 0 Å². The van der Waals surface area contributed by atoms with E-state index in [9.17, 15) is 4.79 Å². The van der Waals surface area contributed by atoms with E-state index in [1.54, 1.807) is 12.1 Å². The van der Waals surface area contributed by atoms with Crippen LogP contribution in [-0.4, -0.2) is 58.3 Å². The molecule has 1 amide bonds. The smallest absolute Gasteiger partial charge is 0.255 e. The van der Waals surface area contributed by atoms with E-state index in [0.717, 1.165) is 60.5 Å². The molecule has 0 bridgehead atoms. The van der Waals surface area contributed by atoms with Gasteiger partial charge in [0.25, 0.3) is 5.91 Å². The molecule has 0 aliphatic carbocycles. The van der Waals surface area contributed by atoms with Crippen molar-refractivity contribution in [3.8, 4) is 0 Å². The summed E-state index contributed by atoms with van der Waals surface area (Å²) in [5.41, 5.74) is 3.10. The summed E-state index contributed by atoms with van der Waals surface area (Å²) < 4.78 is 1.83. The summed E-state index contributed by atoms with van der Waals surface area (Å²) in [6, 6.07) is 11.0. The fourth-order valence-electron chi connectivity index (χ4n) is 3.94. The average Bonchev–Trinajstić information content (AvgIpc) is 3.08. The van der Waals surface area contributed by atoms with Gasteiger partial charge >= 0.3 is 0 Å². The van der Waals surface area contributed by atoms with Gasteiger partial charge in [-0.05, 0) is 36.8 Å². The molecule has 0 atom stereocenters. The van der Waals surface area contributed by atoms with Gasteiger partial charge in [0.1, 0.15) is 10.8 Å². The number of amides is 1. The number of carbonyl (C=O) groups is 1. The molecule has 7 nitrogen and oxygen atoms in total. The van der Waals surface area contributed by atoms with Crippen LogP contribution in [0, 0.1) is 6.92 Å². The Morgan fingerprint density at radius 3 is 2.55 bits per heavy atom. The number of nitrogens with one attached hydrogen (secondary N) is 1. The lowest BCUT2D eigenvalue weighted by molar-refractivity contribution is 0.102. The molecule has 9 heteroatoms. The monoisotopic (exact) mass is 484 g/mol. The van der Waals surface area contributed by atoms with Gasteiger partial charge in [0, 0.05) is 56.6 Å². The van der Waals surface area contributed by atoms with Gasteiger partial charge in [0.15, 0.2) is 5.82 Å². The molecule has 172 valence electrons. The lowest BCUT2D eigenvalue weighted by atomic mass is 10.2. The van der Waals surface area contributed by atoms with Crippen LogP contribution in [-0.2, 0) is 7.05 Å². The van der Waals surface area contributed by atoms with Crippen molar-refractivity contribution in [3.05, 3.63) is 75.7 Å². The summed E-state index contributed by atoms with van der Waals surface area (Å²) in [4.78, 5) is 21.4. The van der Waals surface area contributed by atoms with Crippen molar-refractivity contribution in [2.75, 3.05) is 42.9 Å². The highest BCUT2D eigenvalue weighted by atomic mass is 35.5. The number of aryl methyl sites for hydroxylation is 2. The Kier molecular flexibility index (Phi) is 7.33. The molecule has 1 N–H and O–H groups in total. The van der Waals surface area contributed by atoms with Crippen LogP contribution in [0.2, 0.25) is 10.2 Å². The van der Waals surface area contributed by atoms with Crippen LogP contribution in [0.3, 0.4) is 0 Å². The van der Waals surface area contributed by atoms with Crippen molar-refractivity contribution in [3.63, 3.8) is 0 Å². The highest BCUT2D eigenvalue weighted by Crippen LogP contribution is 2.30. The van der Waals surface area contributed by atoms with Crippen LogP contribution in [0.4, 0.5) is 11.5 Å². The number of nitrogens with zero attached hydrogens (tertiary/aromatic N) is 5. The van der Waals surface area contributed by atoms with Crippen molar-refractivity contribution < 1.29 is 4.79 Å². The Bertz CT molecular complexity index is 1150. The maximum atomic E-state index is 12.8. The Morgan fingerprint density at radius 1 is 1.12 bits per heavy atom. The zero-order chi connectivity index (χ0) is 23.4. The van der Waals surface area contributed by atoms with Crippen LogP contribution in [0.15, 0.2) is 48.7 Å². The molecular weight excluding hydrogens is 459 g/mol. The normalized spacial score (nSPS) is 14.7. The second-order valence-corrected chi connectivity index (χ2v) is 8.79. The minimum Gasteiger partial charge on any atom is -0.353 e. The Morgan fingerprint density at radius 2 is 1.85 bits per heavy atom. The number of piperazine rings is 1. The molecule has 1 aliphatic heterocycles. The minimum atomic E-state index is -0.234. The molecule has 0 spiro atoms. The Hall–Kier alpha value is -2.87. The first-order valence-corrected chi connectivity index (χ1v) is 11.5. The number of halogens is 2. The van der Waals surface area contributed by atoms with E-state index in [2.05, 4.69) is 37.4 Å². The van der Waals surface area contributed by atoms with Gasteiger partial charge in [0.05, 0.1) is 5.69 Å². The zero-order valence-corrected chi connectivity index (χ0v) is 20.1. The van der Waals surface area contributed by atoms with Crippen molar-refractivity contribution >= 4 is 46.7 Å². The molecule has 4 rings (SSSR count). The first-order valence-electron chi connectivity index (χ1n) is 10.8. The van der Waals surface area contributed by atoms with Crippen LogP contribution in [0.1, 0.15) is 21.6 Å². The topological polar surface area (TPSA) is 66.3 Å². The number of hydrogen-bond donors (Lipinski definition) is 1. The molecule has 33 heavy (non-hydrogen) atoms. The van der Waals surface area contributed by atoms with Crippen LogP contribution < -0.4 is 10.2 Å². The first kappa shape index (κ1) is 23.3. The van der Waals surface area contributed by atoms with Crippen molar-refractivity contribution in [1.82, 2.24) is 19.7 Å². The summed E-state index contributed by atoms with van der Waals surface area (Å²) in [5, 5.41) is 8.60. The third-order valence-electron chi connectivity index (χ3n) is 5.63. The highest BCUT2D eigenvalue weighted by molar-refractivity contribution is 6.30. The van der Waals surface area contributed by atoms with Crippen molar-refractivity contribution in [1.29, 1.82) is 0 Å². The molecule has 3 aromatic rings. The number of hydrogen-bond acceptors (Lipinski definition) is 5. The highest BCUT2D eigenvalue weighted by Gasteiger charge is 2.25. The molecule has 3 heterocycles. The molecule has 0 unspecified atom stereocenters. The van der Waals surface area contributed by atoms with E-state index in [0.29, 0.717) is 5.56 Å². The van der Waals surface area contributed by atoms with E-state index < -0.39 is 0 Å². The number of rotatable bonds is 6. The summed E-state index contributed by atoms with van der Waals surface area (Å²) >= 11 is 11.9. The predicted octanol–water partition coefficient (Wildman–Crippen LogP) is 4.52. The second-order valence-electron chi connectivity index (χ2n) is 7.97. The van der Waals surface area contributed by atoms with E-state index in [-0.39, 0.29) is 11.1 Å². The van der Waals surface area contributed by atoms with E-state index in [1.165, 1.54) is 6.20 Å². The third-order valence-corrected chi connectivity index (χ3v) is 6.09. The Labute approximate surface area is 203 Å². The SMILES string of the molecule is Cc1nn(C)c(N2CCN(C/C=C/c3ccc(Cl)cc3)CC2)c1NC(=O)c1ccnc(Cl)c1. The molecular formula is C24H26Cl2N6O. The number of carbonyl (C=O) groups excluding carboxylic acids is 1. The maximum Gasteiger partial charge on any atom is 0.255 e. The second kappa shape index (κ2) is 10.4. The van der Waals surface area contributed by atoms with Gasteiger partial charge in [0.2, 0.25) is 0 Å². The van der Waals surface area contributed by atoms with Gasteiger partial charge in [-0.1, -0.05) is 47.5 Å². The largest absolute Gasteiger partial charge is 0.353 e. The summed E-state index contributed by atoms with van der Waals surface area (Å²) in [5.74, 6) is 0.681. The summed E-state index contributed by atoms with van der Waals surface area (Å²) in [6.45, 7) is 6.31. The minimum absolute atomic E-state index is 0.234. The lowest BCUT2D eigenvalue weighted by Crippen LogP contribution is -2.47. The van der Waals surface area contributed by atoms with Crippen molar-refractivity contribution in [2.45, 2.75) is 6.92 Å². The first-order chi connectivity index (χ1) is 15.9. The summed E-state index contributed by atoms with van der Waals surface area (Å²) in [6.07, 6.45) is 5.82. The number of benzene rings is 1. The fourth-order valence-corrected chi connectivity index (χ4v) is 4.24. The number of anilines is 2. The maximum absolute atomic E-state index is 12.8. The molecule has 0 radical (unpaired) electrons. The molecule has 0 saturated carbocycles. The Balaban J connectivity index is 1.39. The third kappa shape index (κ3) is 5.74. The predicted molar refractivity (Wildman–Crippen MR) is 134 cm³/mol. The standard InChI is InChI=1S/C24H26Cl2N6O/c1-17-22(28-23(33)19-9-10-27-21(26)16-19)24(30(2)29-17)32-14-12-31(13-15-32)11-3-4-18-5-7-20(25)8-6-18/h3-10,16H,11-15H2,1-2H3,(H,28,33)/b4-3+. The average molecular weight is 485 g/mol. The van der Waals surface area contributed by atoms with Gasteiger partial charge in [-0.2, -0.15) is 5.10 Å².